The minimum Gasteiger partial charge on any atom is -0.508 e. The van der Waals surface area contributed by atoms with Crippen LogP contribution in [0.1, 0.15) is 26.3 Å². The standard InChI is InChI=1S/C16H12O6/c17-10-3-4-11(15(20)8-10)13(18)5-1-9-2-6-14(19)12(7-9)16(21)22/h1-8,17,19-20H,(H,21,22)/b5-1-. The number of carboxylic acid groups (broad SMARTS) is 1. The number of hydrogen-bond donors (Lipinski definition) is 4. The fourth-order valence-electron chi connectivity index (χ4n) is 1.82. The summed E-state index contributed by atoms with van der Waals surface area (Å²) in [6, 6.07) is 7.47. The molecule has 6 nitrogen and oxygen atoms in total. The Balaban J connectivity index is 2.26. The van der Waals surface area contributed by atoms with Crippen molar-refractivity contribution in [2.24, 2.45) is 0 Å². The first-order chi connectivity index (χ1) is 10.4. The van der Waals surface area contributed by atoms with E-state index in [1.807, 2.05) is 0 Å². The van der Waals surface area contributed by atoms with Gasteiger partial charge in [0.25, 0.3) is 0 Å². The van der Waals surface area contributed by atoms with Gasteiger partial charge < -0.3 is 20.4 Å². The van der Waals surface area contributed by atoms with Gasteiger partial charge in [-0.3, -0.25) is 4.79 Å². The Bertz CT molecular complexity index is 776. The van der Waals surface area contributed by atoms with Crippen LogP contribution in [-0.4, -0.2) is 32.2 Å². The smallest absolute Gasteiger partial charge is 0.339 e. The van der Waals surface area contributed by atoms with Crippen molar-refractivity contribution in [1.82, 2.24) is 0 Å². The Labute approximate surface area is 125 Å². The molecular weight excluding hydrogens is 288 g/mol. The zero-order valence-corrected chi connectivity index (χ0v) is 11.2. The number of ketones is 1. The van der Waals surface area contributed by atoms with E-state index >= 15 is 0 Å². The van der Waals surface area contributed by atoms with E-state index in [1.165, 1.54) is 36.4 Å². The fourth-order valence-corrected chi connectivity index (χ4v) is 1.82. The van der Waals surface area contributed by atoms with E-state index in [9.17, 15) is 19.8 Å². The fraction of sp³-hybridized carbons (Fsp3) is 0. The van der Waals surface area contributed by atoms with Crippen LogP contribution in [0.4, 0.5) is 0 Å². The maximum absolute atomic E-state index is 11.9. The molecule has 0 saturated heterocycles. The van der Waals surface area contributed by atoms with Crippen molar-refractivity contribution in [3.8, 4) is 17.2 Å². The van der Waals surface area contributed by atoms with E-state index in [2.05, 4.69) is 0 Å². The highest BCUT2D eigenvalue weighted by atomic mass is 16.4. The van der Waals surface area contributed by atoms with Gasteiger partial charge in [0.1, 0.15) is 22.8 Å². The van der Waals surface area contributed by atoms with Crippen molar-refractivity contribution in [1.29, 1.82) is 0 Å². The highest BCUT2D eigenvalue weighted by Crippen LogP contribution is 2.24. The van der Waals surface area contributed by atoms with Gasteiger partial charge in [0.2, 0.25) is 0 Å². The summed E-state index contributed by atoms with van der Waals surface area (Å²) in [5, 5.41) is 37.0. The molecule has 0 aromatic heterocycles. The van der Waals surface area contributed by atoms with Gasteiger partial charge in [-0.2, -0.15) is 0 Å². The van der Waals surface area contributed by atoms with Crippen LogP contribution in [-0.2, 0) is 0 Å². The molecule has 112 valence electrons. The number of phenolic OH excluding ortho intramolecular Hbond substituents is 2. The molecule has 0 heterocycles. The van der Waals surface area contributed by atoms with Gasteiger partial charge in [-0.15, -0.1) is 0 Å². The lowest BCUT2D eigenvalue weighted by molar-refractivity contribution is 0.0693. The molecule has 0 atom stereocenters. The largest absolute Gasteiger partial charge is 0.508 e. The van der Waals surface area contributed by atoms with Gasteiger partial charge in [-0.05, 0) is 35.9 Å². The summed E-state index contributed by atoms with van der Waals surface area (Å²) in [7, 11) is 0. The number of benzene rings is 2. The van der Waals surface area contributed by atoms with Crippen molar-refractivity contribution in [2.45, 2.75) is 0 Å². The van der Waals surface area contributed by atoms with Crippen LogP contribution in [0.15, 0.2) is 42.5 Å². The second-order valence-electron chi connectivity index (χ2n) is 4.48. The number of carbonyl (C=O) groups excluding carboxylic acids is 1. The molecule has 0 radical (unpaired) electrons. The Morgan fingerprint density at radius 2 is 1.59 bits per heavy atom. The summed E-state index contributed by atoms with van der Waals surface area (Å²) in [6.45, 7) is 0. The Kier molecular flexibility index (Phi) is 4.13. The summed E-state index contributed by atoms with van der Waals surface area (Å²) in [5.74, 6) is -2.68. The van der Waals surface area contributed by atoms with Crippen LogP contribution >= 0.6 is 0 Å². The Morgan fingerprint density at radius 3 is 2.23 bits per heavy atom. The van der Waals surface area contributed by atoms with Crippen LogP contribution in [0.25, 0.3) is 6.08 Å². The molecule has 4 N–H and O–H groups in total. The van der Waals surface area contributed by atoms with Gasteiger partial charge in [-0.25, -0.2) is 4.79 Å². The van der Waals surface area contributed by atoms with Gasteiger partial charge in [0, 0.05) is 6.07 Å². The van der Waals surface area contributed by atoms with Crippen LogP contribution in [0.5, 0.6) is 17.2 Å². The monoisotopic (exact) mass is 300 g/mol. The van der Waals surface area contributed by atoms with Crippen molar-refractivity contribution in [2.75, 3.05) is 0 Å². The van der Waals surface area contributed by atoms with Crippen molar-refractivity contribution >= 4 is 17.8 Å². The molecule has 0 saturated carbocycles. The maximum atomic E-state index is 11.9. The molecule has 0 amide bonds. The number of carbonyl (C=O) groups is 2. The summed E-state index contributed by atoms with van der Waals surface area (Å²) in [4.78, 5) is 22.8. The molecule has 0 spiro atoms. The van der Waals surface area contributed by atoms with E-state index < -0.39 is 11.8 Å². The van der Waals surface area contributed by atoms with Crippen molar-refractivity contribution in [3.05, 3.63) is 59.2 Å². The summed E-state index contributed by atoms with van der Waals surface area (Å²) >= 11 is 0. The van der Waals surface area contributed by atoms with Crippen LogP contribution in [0, 0.1) is 0 Å². The molecule has 2 aromatic rings. The average Bonchev–Trinajstić information content (AvgIpc) is 2.45. The molecule has 2 aromatic carbocycles. The average molecular weight is 300 g/mol. The van der Waals surface area contributed by atoms with Crippen LogP contribution in [0.2, 0.25) is 0 Å². The summed E-state index contributed by atoms with van der Waals surface area (Å²) < 4.78 is 0. The minimum atomic E-state index is -1.28. The third kappa shape index (κ3) is 3.24. The minimum absolute atomic E-state index is 0.00582. The number of rotatable bonds is 4. The lowest BCUT2D eigenvalue weighted by Gasteiger charge is -2.02. The highest BCUT2D eigenvalue weighted by Gasteiger charge is 2.11. The van der Waals surface area contributed by atoms with Gasteiger partial charge >= 0.3 is 5.97 Å². The number of phenols is 3. The van der Waals surface area contributed by atoms with E-state index in [0.717, 1.165) is 12.1 Å². The normalized spacial score (nSPS) is 10.7. The maximum Gasteiger partial charge on any atom is 0.339 e. The Hall–Kier alpha value is -3.28. The Morgan fingerprint density at radius 1 is 0.864 bits per heavy atom. The number of aromatic carboxylic acids is 1. The van der Waals surface area contributed by atoms with Crippen LogP contribution in [0.3, 0.4) is 0 Å². The van der Waals surface area contributed by atoms with Gasteiger partial charge in [0.15, 0.2) is 5.78 Å². The molecule has 0 unspecified atom stereocenters. The van der Waals surface area contributed by atoms with Crippen molar-refractivity contribution < 1.29 is 30.0 Å². The summed E-state index contributed by atoms with van der Waals surface area (Å²) in [5.41, 5.74) is 0.134. The van der Waals surface area contributed by atoms with E-state index in [1.54, 1.807) is 0 Å². The van der Waals surface area contributed by atoms with E-state index in [4.69, 9.17) is 10.2 Å². The molecule has 0 aliphatic heterocycles. The predicted octanol–water partition coefficient (Wildman–Crippen LogP) is 2.40. The predicted molar refractivity (Wildman–Crippen MR) is 78.2 cm³/mol. The SMILES string of the molecule is O=C(O)c1cc(/C=C\C(=O)c2ccc(O)cc2O)ccc1O. The molecule has 0 aliphatic rings. The molecule has 0 bridgehead atoms. The van der Waals surface area contributed by atoms with Gasteiger partial charge in [-0.1, -0.05) is 12.1 Å². The van der Waals surface area contributed by atoms with Gasteiger partial charge in [0.05, 0.1) is 5.56 Å². The first kappa shape index (κ1) is 15.1. The molecule has 0 aliphatic carbocycles. The first-order valence-corrected chi connectivity index (χ1v) is 6.19. The summed E-state index contributed by atoms with van der Waals surface area (Å²) in [6.07, 6.45) is 2.52. The molecular formula is C16H12O6. The van der Waals surface area contributed by atoms with Crippen LogP contribution < -0.4 is 0 Å². The second-order valence-corrected chi connectivity index (χ2v) is 4.48. The molecule has 0 fully saturated rings. The zero-order chi connectivity index (χ0) is 16.3. The van der Waals surface area contributed by atoms with E-state index in [0.29, 0.717) is 5.56 Å². The number of carboxylic acids is 1. The number of aromatic hydroxyl groups is 3. The molecule has 6 heteroatoms. The number of hydrogen-bond acceptors (Lipinski definition) is 5. The zero-order valence-electron chi connectivity index (χ0n) is 11.2. The lowest BCUT2D eigenvalue weighted by Crippen LogP contribution is -1.97. The second kappa shape index (κ2) is 6.01. The third-order valence-corrected chi connectivity index (χ3v) is 2.92. The first-order valence-electron chi connectivity index (χ1n) is 6.19. The lowest BCUT2D eigenvalue weighted by atomic mass is 10.1. The highest BCUT2D eigenvalue weighted by molar-refractivity contribution is 6.08. The third-order valence-electron chi connectivity index (χ3n) is 2.92. The molecule has 2 rings (SSSR count). The van der Waals surface area contributed by atoms with Crippen molar-refractivity contribution in [3.63, 3.8) is 0 Å². The molecule has 22 heavy (non-hydrogen) atoms. The number of allylic oxidation sites excluding steroid dienone is 1. The quantitative estimate of drug-likeness (QED) is 0.509. The van der Waals surface area contributed by atoms with E-state index in [-0.39, 0.29) is 28.4 Å². The topological polar surface area (TPSA) is 115 Å².